The number of rotatable bonds is 6. The molecule has 2 aromatic rings. The number of nitrogens with one attached hydrogen (secondary N) is 1. The summed E-state index contributed by atoms with van der Waals surface area (Å²) in [5.74, 6) is -0.590. The van der Waals surface area contributed by atoms with Gasteiger partial charge in [0.1, 0.15) is 16.4 Å². The van der Waals surface area contributed by atoms with Gasteiger partial charge in [-0.05, 0) is 63.3 Å². The Labute approximate surface area is 186 Å². The summed E-state index contributed by atoms with van der Waals surface area (Å²) in [4.78, 5) is 26.5. The number of nitrogens with zero attached hydrogens (tertiary/aromatic N) is 1. The van der Waals surface area contributed by atoms with Gasteiger partial charge in [0.15, 0.2) is 0 Å². The van der Waals surface area contributed by atoms with Crippen LogP contribution in [-0.4, -0.2) is 50.2 Å². The first-order valence-electron chi connectivity index (χ1n) is 9.88. The number of hydrogen-bond acceptors (Lipinski definition) is 7. The fraction of sp³-hybridized carbons (Fsp3) is 0.429. The van der Waals surface area contributed by atoms with Crippen LogP contribution in [0.15, 0.2) is 46.0 Å². The molecule has 1 N–H and O–H groups in total. The van der Waals surface area contributed by atoms with Crippen LogP contribution in [0.3, 0.4) is 0 Å². The zero-order valence-electron chi connectivity index (χ0n) is 17.7. The highest BCUT2D eigenvalue weighted by Crippen LogP contribution is 2.23. The van der Waals surface area contributed by atoms with E-state index in [9.17, 15) is 18.0 Å². The molecule has 1 saturated heterocycles. The predicted octanol–water partition coefficient (Wildman–Crippen LogP) is 4.11. The van der Waals surface area contributed by atoms with Crippen molar-refractivity contribution in [2.75, 3.05) is 17.9 Å². The van der Waals surface area contributed by atoms with E-state index in [1.807, 2.05) is 0 Å². The molecule has 1 fully saturated rings. The largest absolute Gasteiger partial charge is 0.460 e. The summed E-state index contributed by atoms with van der Waals surface area (Å²) in [6.07, 6.45) is 1.10. The summed E-state index contributed by atoms with van der Waals surface area (Å²) in [5, 5.41) is 1.67. The van der Waals surface area contributed by atoms with E-state index in [1.165, 1.54) is 12.1 Å². The fourth-order valence-electron chi connectivity index (χ4n) is 3.16. The summed E-state index contributed by atoms with van der Waals surface area (Å²) < 4.78 is 38.2. The minimum atomic E-state index is -3.71. The van der Waals surface area contributed by atoms with E-state index in [-0.39, 0.29) is 28.1 Å². The molecule has 1 aliphatic heterocycles. The summed E-state index contributed by atoms with van der Waals surface area (Å²) in [7, 11) is -3.71. The molecule has 0 saturated carbocycles. The van der Waals surface area contributed by atoms with E-state index in [4.69, 9.17) is 9.47 Å². The third-order valence-electron chi connectivity index (χ3n) is 4.52. The molecule has 8 nitrogen and oxygen atoms in total. The van der Waals surface area contributed by atoms with Crippen molar-refractivity contribution in [1.29, 1.82) is 0 Å². The quantitative estimate of drug-likeness (QED) is 0.643. The zero-order valence-corrected chi connectivity index (χ0v) is 19.3. The van der Waals surface area contributed by atoms with Gasteiger partial charge in [0.05, 0.1) is 11.6 Å². The first kappa shape index (κ1) is 23.1. The summed E-state index contributed by atoms with van der Waals surface area (Å²) in [5.41, 5.74) is -0.120. The van der Waals surface area contributed by atoms with Gasteiger partial charge < -0.3 is 14.4 Å². The third-order valence-corrected chi connectivity index (χ3v) is 7.30. The monoisotopic (exact) mass is 466 g/mol. The van der Waals surface area contributed by atoms with Crippen molar-refractivity contribution in [2.45, 2.75) is 49.5 Å². The van der Waals surface area contributed by atoms with E-state index >= 15 is 0 Å². The molecule has 3 rings (SSSR count). The molecule has 31 heavy (non-hydrogen) atoms. The molecule has 1 aromatic carbocycles. The molecule has 1 amide bonds. The minimum Gasteiger partial charge on any atom is -0.460 e. The summed E-state index contributed by atoms with van der Waals surface area (Å²) in [6.45, 7) is 6.00. The zero-order chi connectivity index (χ0) is 22.6. The Hall–Kier alpha value is -2.59. The van der Waals surface area contributed by atoms with Gasteiger partial charge in [-0.2, -0.15) is 0 Å². The van der Waals surface area contributed by atoms with Gasteiger partial charge in [0.25, 0.3) is 10.0 Å². The third kappa shape index (κ3) is 6.20. The molecule has 0 unspecified atom stereocenters. The van der Waals surface area contributed by atoms with Crippen molar-refractivity contribution in [3.63, 3.8) is 0 Å². The van der Waals surface area contributed by atoms with Crippen LogP contribution in [0.1, 0.15) is 44.0 Å². The van der Waals surface area contributed by atoms with Crippen molar-refractivity contribution < 1.29 is 27.5 Å². The van der Waals surface area contributed by atoms with Gasteiger partial charge in [0, 0.05) is 12.2 Å². The van der Waals surface area contributed by atoms with Gasteiger partial charge in [-0.1, -0.05) is 12.1 Å². The van der Waals surface area contributed by atoms with Gasteiger partial charge in [0.2, 0.25) is 0 Å². The maximum Gasteiger partial charge on any atom is 0.410 e. The molecule has 0 spiro atoms. The van der Waals surface area contributed by atoms with Crippen LogP contribution in [-0.2, 0) is 19.5 Å². The van der Waals surface area contributed by atoms with Crippen LogP contribution >= 0.6 is 11.3 Å². The molecule has 2 heterocycles. The average Bonchev–Trinajstić information content (AvgIpc) is 3.36. The van der Waals surface area contributed by atoms with E-state index in [2.05, 4.69) is 4.72 Å². The molecule has 1 aliphatic rings. The number of amides is 1. The topological polar surface area (TPSA) is 102 Å². The number of benzene rings is 1. The van der Waals surface area contributed by atoms with Crippen molar-refractivity contribution >= 4 is 39.1 Å². The highest BCUT2D eigenvalue weighted by Gasteiger charge is 2.33. The Kier molecular flexibility index (Phi) is 6.90. The minimum absolute atomic E-state index is 0.0449. The van der Waals surface area contributed by atoms with Gasteiger partial charge in [-0.15, -0.1) is 11.3 Å². The Morgan fingerprint density at radius 2 is 2.00 bits per heavy atom. The second-order valence-electron chi connectivity index (χ2n) is 8.19. The molecule has 0 aliphatic carbocycles. The van der Waals surface area contributed by atoms with Crippen molar-refractivity contribution in [2.24, 2.45) is 0 Å². The van der Waals surface area contributed by atoms with Gasteiger partial charge in [-0.25, -0.2) is 18.0 Å². The molecule has 1 atom stereocenters. The highest BCUT2D eigenvalue weighted by molar-refractivity contribution is 7.94. The lowest BCUT2D eigenvalue weighted by atomic mass is 10.2. The Balaban J connectivity index is 1.61. The smallest absolute Gasteiger partial charge is 0.410 e. The van der Waals surface area contributed by atoms with E-state index in [0.717, 1.165) is 17.8 Å². The highest BCUT2D eigenvalue weighted by atomic mass is 32.2. The van der Waals surface area contributed by atoms with Crippen LogP contribution in [0.2, 0.25) is 0 Å². The number of sulfonamides is 1. The summed E-state index contributed by atoms with van der Waals surface area (Å²) >= 11 is 1.10. The fourth-order valence-corrected chi connectivity index (χ4v) is 5.20. The first-order valence-corrected chi connectivity index (χ1v) is 12.2. The van der Waals surface area contributed by atoms with E-state index in [0.29, 0.717) is 13.0 Å². The summed E-state index contributed by atoms with van der Waals surface area (Å²) in [6, 6.07) is 9.01. The van der Waals surface area contributed by atoms with E-state index in [1.54, 1.807) is 55.3 Å². The molecule has 168 valence electrons. The van der Waals surface area contributed by atoms with Crippen LogP contribution in [0.5, 0.6) is 0 Å². The van der Waals surface area contributed by atoms with Crippen LogP contribution < -0.4 is 4.72 Å². The first-order chi connectivity index (χ1) is 14.5. The van der Waals surface area contributed by atoms with Crippen molar-refractivity contribution in [3.8, 4) is 0 Å². The number of esters is 1. The van der Waals surface area contributed by atoms with Gasteiger partial charge >= 0.3 is 12.1 Å². The molecular formula is C21H26N2O6S2. The molecule has 1 aromatic heterocycles. The number of anilines is 1. The lowest BCUT2D eigenvalue weighted by Crippen LogP contribution is -2.42. The Morgan fingerprint density at radius 1 is 1.23 bits per heavy atom. The molecule has 10 heteroatoms. The second kappa shape index (κ2) is 9.27. The number of likely N-dealkylation sites (tertiary alicyclic amines) is 1. The average molecular weight is 467 g/mol. The number of carbonyl (C=O) groups is 2. The van der Waals surface area contributed by atoms with Crippen LogP contribution in [0.25, 0.3) is 0 Å². The maximum atomic E-state index is 12.5. The van der Waals surface area contributed by atoms with Gasteiger partial charge in [-0.3, -0.25) is 4.72 Å². The Morgan fingerprint density at radius 3 is 2.68 bits per heavy atom. The number of thiophene rings is 1. The Bertz CT molecular complexity index is 1030. The van der Waals surface area contributed by atoms with Crippen LogP contribution in [0, 0.1) is 0 Å². The number of hydrogen-bond donors (Lipinski definition) is 1. The normalized spacial score (nSPS) is 16.7. The maximum absolute atomic E-state index is 12.5. The number of carbonyl (C=O) groups excluding carboxylic acids is 2. The second-order valence-corrected chi connectivity index (χ2v) is 11.0. The molecule has 0 bridgehead atoms. The van der Waals surface area contributed by atoms with Crippen LogP contribution in [0.4, 0.5) is 10.5 Å². The standard InChI is InChI=1S/C21H26N2O6S2/c1-21(2,3)29-20(25)23-11-5-9-17(23)14-28-19(24)15-7-4-8-16(13-15)22-31(26,27)18-10-6-12-30-18/h4,6-8,10,12-13,17,22H,5,9,11,14H2,1-3H3/t17-/m1/s1. The number of ether oxygens (including phenoxy) is 2. The lowest BCUT2D eigenvalue weighted by molar-refractivity contribution is 0.0106. The van der Waals surface area contributed by atoms with Crippen molar-refractivity contribution in [3.05, 3.63) is 47.3 Å². The lowest BCUT2D eigenvalue weighted by Gasteiger charge is -2.28. The molecular weight excluding hydrogens is 440 g/mol. The predicted molar refractivity (Wildman–Crippen MR) is 118 cm³/mol. The van der Waals surface area contributed by atoms with Crippen molar-refractivity contribution in [1.82, 2.24) is 4.90 Å². The van der Waals surface area contributed by atoms with E-state index < -0.39 is 27.7 Å². The SMILES string of the molecule is CC(C)(C)OC(=O)N1CCC[C@@H]1COC(=O)c1cccc(NS(=O)(=O)c2cccs2)c1. The molecule has 0 radical (unpaired) electrons.